The molecule has 0 aliphatic heterocycles. The third-order valence-corrected chi connectivity index (χ3v) is 12.9. The van der Waals surface area contributed by atoms with Gasteiger partial charge in [-0.2, -0.15) is 0 Å². The van der Waals surface area contributed by atoms with Crippen LogP contribution in [0.4, 0.5) is 0 Å². The van der Waals surface area contributed by atoms with Crippen LogP contribution >= 0.6 is 11.3 Å². The molecule has 0 unspecified atom stereocenters. The molecule has 12 rings (SSSR count). The molecule has 5 heteroatoms. The first-order valence-corrected chi connectivity index (χ1v) is 21.7. The summed E-state index contributed by atoms with van der Waals surface area (Å²) in [6.07, 6.45) is 0. The molecular weight excluding hydrogens is 773 g/mol. The van der Waals surface area contributed by atoms with Crippen molar-refractivity contribution in [2.24, 2.45) is 0 Å². The number of aromatic nitrogens is 4. The maximum absolute atomic E-state index is 5.30. The molecule has 4 heterocycles. The van der Waals surface area contributed by atoms with Crippen molar-refractivity contribution in [3.63, 3.8) is 0 Å². The lowest BCUT2D eigenvalue weighted by atomic mass is 9.96. The maximum atomic E-state index is 5.30. The molecule has 8 aromatic carbocycles. The van der Waals surface area contributed by atoms with Gasteiger partial charge in [-0.05, 0) is 60.2 Å². The number of pyridine rings is 1. The van der Waals surface area contributed by atoms with E-state index in [0.29, 0.717) is 5.82 Å². The predicted octanol–water partition coefficient (Wildman–Crippen LogP) is 15.3. The zero-order valence-corrected chi connectivity index (χ0v) is 34.3. The molecule has 0 saturated heterocycles. The first-order chi connectivity index (χ1) is 30.7. The van der Waals surface area contributed by atoms with Crippen LogP contribution in [0.15, 0.2) is 218 Å². The molecule has 0 radical (unpaired) electrons. The minimum atomic E-state index is 0.659. The van der Waals surface area contributed by atoms with Crippen molar-refractivity contribution in [3.05, 3.63) is 218 Å². The standard InChI is InChI=1S/C57H36N4S/c1-5-17-37(18-6-1)47-34-42(35-48(58-47)38-19-7-2-8-20-38)46-33-41(57-59-49(39-21-9-3-10-22-39)36-50(60-57)40-23-11-4-12-24-40)29-31-52(46)61-51-27-15-13-25-43(51)44-30-32-54-55(56(44)61)45-26-14-16-28-53(45)62-54/h1-36H. The summed E-state index contributed by atoms with van der Waals surface area (Å²) >= 11 is 1.85. The molecule has 12 aromatic rings. The zero-order chi connectivity index (χ0) is 41.0. The van der Waals surface area contributed by atoms with Gasteiger partial charge in [-0.3, -0.25) is 0 Å². The molecule has 0 amide bonds. The number of hydrogen-bond acceptors (Lipinski definition) is 4. The fourth-order valence-electron chi connectivity index (χ4n) is 8.91. The number of fused-ring (bicyclic) bond motifs is 7. The van der Waals surface area contributed by atoms with Gasteiger partial charge >= 0.3 is 0 Å². The Morgan fingerprint density at radius 3 is 1.45 bits per heavy atom. The predicted molar refractivity (Wildman–Crippen MR) is 260 cm³/mol. The van der Waals surface area contributed by atoms with Gasteiger partial charge in [0.25, 0.3) is 0 Å². The van der Waals surface area contributed by atoms with Crippen LogP contribution in [-0.2, 0) is 0 Å². The summed E-state index contributed by atoms with van der Waals surface area (Å²) in [6, 6.07) is 77.3. The Kier molecular flexibility index (Phi) is 8.65. The van der Waals surface area contributed by atoms with E-state index >= 15 is 0 Å². The molecule has 0 aliphatic rings. The molecule has 0 aliphatic carbocycles. The summed E-state index contributed by atoms with van der Waals surface area (Å²) in [5, 5.41) is 4.97. The molecule has 62 heavy (non-hydrogen) atoms. The Morgan fingerprint density at radius 1 is 0.339 bits per heavy atom. The van der Waals surface area contributed by atoms with Gasteiger partial charge in [-0.1, -0.05) is 164 Å². The Labute approximate surface area is 362 Å². The Balaban J connectivity index is 1.19. The van der Waals surface area contributed by atoms with E-state index in [0.717, 1.165) is 72.9 Å². The van der Waals surface area contributed by atoms with Crippen LogP contribution < -0.4 is 0 Å². The van der Waals surface area contributed by atoms with Crippen LogP contribution in [-0.4, -0.2) is 19.5 Å². The van der Waals surface area contributed by atoms with Gasteiger partial charge in [0.05, 0.1) is 39.5 Å². The monoisotopic (exact) mass is 808 g/mol. The van der Waals surface area contributed by atoms with Crippen LogP contribution in [0, 0.1) is 0 Å². The minimum Gasteiger partial charge on any atom is -0.308 e. The fourth-order valence-corrected chi connectivity index (χ4v) is 10.0. The van der Waals surface area contributed by atoms with Crippen LogP contribution in [0.25, 0.3) is 115 Å². The molecule has 0 saturated carbocycles. The summed E-state index contributed by atoms with van der Waals surface area (Å²) in [4.78, 5) is 15.9. The molecule has 0 atom stereocenters. The van der Waals surface area contributed by atoms with E-state index in [2.05, 4.69) is 211 Å². The van der Waals surface area contributed by atoms with E-state index in [1.807, 2.05) is 23.5 Å². The lowest BCUT2D eigenvalue weighted by Crippen LogP contribution is -2.01. The van der Waals surface area contributed by atoms with Gasteiger partial charge in [0, 0.05) is 64.3 Å². The second-order valence-corrected chi connectivity index (χ2v) is 16.7. The highest BCUT2D eigenvalue weighted by atomic mass is 32.1. The van der Waals surface area contributed by atoms with E-state index in [-0.39, 0.29) is 0 Å². The largest absolute Gasteiger partial charge is 0.308 e. The van der Waals surface area contributed by atoms with Crippen molar-refractivity contribution in [2.45, 2.75) is 0 Å². The van der Waals surface area contributed by atoms with Gasteiger partial charge in [0.1, 0.15) is 0 Å². The van der Waals surface area contributed by atoms with Gasteiger partial charge in [-0.15, -0.1) is 11.3 Å². The first kappa shape index (κ1) is 35.9. The van der Waals surface area contributed by atoms with Crippen LogP contribution in [0.2, 0.25) is 0 Å². The second-order valence-electron chi connectivity index (χ2n) is 15.6. The van der Waals surface area contributed by atoms with Crippen LogP contribution in [0.3, 0.4) is 0 Å². The topological polar surface area (TPSA) is 43.6 Å². The SMILES string of the molecule is c1ccc(-c2cc(-c3cc(-c4nc(-c5ccccc5)cc(-c5ccccc5)n4)ccc3-n3c4ccccc4c4ccc5sc6ccccc6c5c43)cc(-c3ccccc3)n2)cc1. The van der Waals surface area contributed by atoms with Crippen molar-refractivity contribution in [2.75, 3.05) is 0 Å². The summed E-state index contributed by atoms with van der Waals surface area (Å²) < 4.78 is 5.04. The van der Waals surface area contributed by atoms with Gasteiger partial charge in [-0.25, -0.2) is 15.0 Å². The summed E-state index contributed by atoms with van der Waals surface area (Å²) in [5.74, 6) is 0.659. The Morgan fingerprint density at radius 2 is 0.855 bits per heavy atom. The fraction of sp³-hybridized carbons (Fsp3) is 0. The number of hydrogen-bond donors (Lipinski definition) is 0. The molecule has 4 aromatic heterocycles. The zero-order valence-electron chi connectivity index (χ0n) is 33.5. The lowest BCUT2D eigenvalue weighted by molar-refractivity contribution is 1.17. The minimum absolute atomic E-state index is 0.659. The van der Waals surface area contributed by atoms with E-state index in [9.17, 15) is 0 Å². The number of nitrogens with zero attached hydrogens (tertiary/aromatic N) is 4. The number of para-hydroxylation sites is 1. The molecule has 290 valence electrons. The summed E-state index contributed by atoms with van der Waals surface area (Å²) in [5.41, 5.74) is 14.2. The Hall–Kier alpha value is -7.99. The van der Waals surface area contributed by atoms with E-state index in [1.165, 1.54) is 36.5 Å². The van der Waals surface area contributed by atoms with Crippen molar-refractivity contribution in [3.8, 4) is 73.2 Å². The molecule has 0 N–H and O–H groups in total. The summed E-state index contributed by atoms with van der Waals surface area (Å²) in [6.45, 7) is 0. The number of rotatable bonds is 7. The summed E-state index contributed by atoms with van der Waals surface area (Å²) in [7, 11) is 0. The number of benzene rings is 8. The number of thiophene rings is 1. The third kappa shape index (κ3) is 6.18. The molecule has 0 bridgehead atoms. The first-order valence-electron chi connectivity index (χ1n) is 20.8. The van der Waals surface area contributed by atoms with E-state index in [1.54, 1.807) is 0 Å². The quantitative estimate of drug-likeness (QED) is 0.161. The average Bonchev–Trinajstić information content (AvgIpc) is 3.90. The van der Waals surface area contributed by atoms with Gasteiger partial charge in [0.2, 0.25) is 0 Å². The maximum Gasteiger partial charge on any atom is 0.160 e. The highest BCUT2D eigenvalue weighted by molar-refractivity contribution is 7.26. The van der Waals surface area contributed by atoms with Crippen molar-refractivity contribution in [1.29, 1.82) is 0 Å². The normalized spacial score (nSPS) is 11.5. The smallest absolute Gasteiger partial charge is 0.160 e. The van der Waals surface area contributed by atoms with Crippen molar-refractivity contribution >= 4 is 53.3 Å². The molecule has 0 fully saturated rings. The van der Waals surface area contributed by atoms with Crippen LogP contribution in [0.1, 0.15) is 0 Å². The highest BCUT2D eigenvalue weighted by Crippen LogP contribution is 2.45. The molecule has 4 nitrogen and oxygen atoms in total. The molecular formula is C57H36N4S. The van der Waals surface area contributed by atoms with Gasteiger partial charge in [0.15, 0.2) is 5.82 Å². The third-order valence-electron chi connectivity index (χ3n) is 11.8. The van der Waals surface area contributed by atoms with E-state index in [4.69, 9.17) is 15.0 Å². The lowest BCUT2D eigenvalue weighted by Gasteiger charge is -2.18. The van der Waals surface area contributed by atoms with Gasteiger partial charge < -0.3 is 4.57 Å². The van der Waals surface area contributed by atoms with E-state index < -0.39 is 0 Å². The average molecular weight is 809 g/mol. The van der Waals surface area contributed by atoms with Crippen LogP contribution in [0.5, 0.6) is 0 Å². The Bertz CT molecular complexity index is 3500. The second kappa shape index (κ2) is 14.9. The highest BCUT2D eigenvalue weighted by Gasteiger charge is 2.22. The van der Waals surface area contributed by atoms with Crippen molar-refractivity contribution in [1.82, 2.24) is 19.5 Å². The van der Waals surface area contributed by atoms with Crippen molar-refractivity contribution < 1.29 is 0 Å². The molecule has 0 spiro atoms.